The van der Waals surface area contributed by atoms with E-state index in [9.17, 15) is 0 Å². The SMILES string of the molecule is COCC(Br)CCc1nnn(C)n1. The molecule has 0 N–H and O–H groups in total. The number of nitrogens with zero attached hydrogens (tertiary/aromatic N) is 4. The van der Waals surface area contributed by atoms with E-state index in [1.54, 1.807) is 14.2 Å². The van der Waals surface area contributed by atoms with Crippen molar-refractivity contribution in [3.63, 3.8) is 0 Å². The number of rotatable bonds is 5. The predicted molar refractivity (Wildman–Crippen MR) is 51.7 cm³/mol. The maximum Gasteiger partial charge on any atom is 0.174 e. The molecule has 0 saturated heterocycles. The van der Waals surface area contributed by atoms with Crippen molar-refractivity contribution in [3.05, 3.63) is 5.82 Å². The summed E-state index contributed by atoms with van der Waals surface area (Å²) in [5, 5.41) is 11.7. The van der Waals surface area contributed by atoms with Gasteiger partial charge in [-0.2, -0.15) is 4.80 Å². The van der Waals surface area contributed by atoms with E-state index in [4.69, 9.17) is 4.74 Å². The fourth-order valence-corrected chi connectivity index (χ4v) is 1.47. The zero-order valence-electron chi connectivity index (χ0n) is 7.77. The smallest absolute Gasteiger partial charge is 0.174 e. The summed E-state index contributed by atoms with van der Waals surface area (Å²) in [6.07, 6.45) is 1.78. The van der Waals surface area contributed by atoms with E-state index in [-0.39, 0.29) is 0 Å². The van der Waals surface area contributed by atoms with Crippen molar-refractivity contribution < 1.29 is 4.74 Å². The number of halogens is 1. The second kappa shape index (κ2) is 5.29. The Morgan fingerprint density at radius 2 is 2.38 bits per heavy atom. The quantitative estimate of drug-likeness (QED) is 0.715. The van der Waals surface area contributed by atoms with E-state index in [1.807, 2.05) is 0 Å². The van der Waals surface area contributed by atoms with Crippen molar-refractivity contribution >= 4 is 15.9 Å². The summed E-state index contributed by atoms with van der Waals surface area (Å²) in [6.45, 7) is 0.709. The molecule has 1 atom stereocenters. The van der Waals surface area contributed by atoms with Crippen molar-refractivity contribution in [2.24, 2.45) is 7.05 Å². The highest BCUT2D eigenvalue weighted by Gasteiger charge is 2.06. The molecule has 1 rings (SSSR count). The van der Waals surface area contributed by atoms with E-state index in [2.05, 4.69) is 31.3 Å². The van der Waals surface area contributed by atoms with Gasteiger partial charge in [0.25, 0.3) is 0 Å². The molecule has 6 heteroatoms. The Balaban J connectivity index is 2.26. The van der Waals surface area contributed by atoms with Gasteiger partial charge < -0.3 is 4.74 Å². The number of ether oxygens (including phenoxy) is 1. The average molecular weight is 249 g/mol. The first kappa shape index (κ1) is 10.6. The van der Waals surface area contributed by atoms with Crippen molar-refractivity contribution in [1.82, 2.24) is 20.2 Å². The summed E-state index contributed by atoms with van der Waals surface area (Å²) in [4.78, 5) is 1.83. The predicted octanol–water partition coefficient (Wildman–Crippen LogP) is 0.553. The van der Waals surface area contributed by atoms with Gasteiger partial charge in [-0.25, -0.2) is 0 Å². The van der Waals surface area contributed by atoms with Crippen molar-refractivity contribution in [2.45, 2.75) is 17.7 Å². The molecule has 0 fully saturated rings. The van der Waals surface area contributed by atoms with E-state index in [0.717, 1.165) is 18.7 Å². The molecule has 1 aromatic heterocycles. The third-order valence-electron chi connectivity index (χ3n) is 1.58. The summed E-state index contributed by atoms with van der Waals surface area (Å²) >= 11 is 3.49. The minimum Gasteiger partial charge on any atom is -0.384 e. The number of hydrogen-bond donors (Lipinski definition) is 0. The molecule has 1 heterocycles. The molecule has 0 aliphatic carbocycles. The van der Waals surface area contributed by atoms with Crippen LogP contribution >= 0.6 is 15.9 Å². The van der Waals surface area contributed by atoms with Crippen LogP contribution in [0.15, 0.2) is 0 Å². The maximum atomic E-state index is 4.99. The Bertz CT molecular complexity index is 252. The standard InChI is InChI=1S/C7H13BrN4O/c1-12-10-7(9-11-12)4-3-6(8)5-13-2/h6H,3-5H2,1-2H3. The van der Waals surface area contributed by atoms with Crippen LogP contribution in [-0.2, 0) is 18.2 Å². The summed E-state index contributed by atoms with van der Waals surface area (Å²) in [7, 11) is 3.45. The summed E-state index contributed by atoms with van der Waals surface area (Å²) in [5.41, 5.74) is 0. The van der Waals surface area contributed by atoms with Crippen LogP contribution in [0.2, 0.25) is 0 Å². The molecule has 0 aliphatic rings. The van der Waals surface area contributed by atoms with E-state index >= 15 is 0 Å². The molecular weight excluding hydrogens is 236 g/mol. The lowest BCUT2D eigenvalue weighted by molar-refractivity contribution is 0.198. The highest BCUT2D eigenvalue weighted by Crippen LogP contribution is 2.07. The lowest BCUT2D eigenvalue weighted by Gasteiger charge is -2.05. The first-order chi connectivity index (χ1) is 6.22. The van der Waals surface area contributed by atoms with Crippen LogP contribution in [0.25, 0.3) is 0 Å². The molecule has 0 aromatic carbocycles. The Morgan fingerprint density at radius 3 is 2.92 bits per heavy atom. The second-order valence-corrected chi connectivity index (χ2v) is 4.08. The second-order valence-electron chi connectivity index (χ2n) is 2.79. The van der Waals surface area contributed by atoms with E-state index < -0.39 is 0 Å². The summed E-state index contributed by atoms with van der Waals surface area (Å²) < 4.78 is 4.99. The highest BCUT2D eigenvalue weighted by molar-refractivity contribution is 9.09. The number of aryl methyl sites for hydroxylation is 2. The number of tetrazole rings is 1. The monoisotopic (exact) mass is 248 g/mol. The lowest BCUT2D eigenvalue weighted by atomic mass is 10.2. The van der Waals surface area contributed by atoms with Crippen molar-refractivity contribution in [3.8, 4) is 0 Å². The van der Waals surface area contributed by atoms with Crippen LogP contribution in [0.5, 0.6) is 0 Å². The van der Waals surface area contributed by atoms with Crippen LogP contribution in [0, 0.1) is 0 Å². The third-order valence-corrected chi connectivity index (χ3v) is 2.30. The molecule has 0 amide bonds. The van der Waals surface area contributed by atoms with Crippen LogP contribution < -0.4 is 0 Å². The molecule has 0 bridgehead atoms. The largest absolute Gasteiger partial charge is 0.384 e. The van der Waals surface area contributed by atoms with E-state index in [1.165, 1.54) is 4.80 Å². The van der Waals surface area contributed by atoms with Crippen LogP contribution in [0.4, 0.5) is 0 Å². The molecule has 74 valence electrons. The number of alkyl halides is 1. The van der Waals surface area contributed by atoms with Gasteiger partial charge in [-0.3, -0.25) is 0 Å². The van der Waals surface area contributed by atoms with E-state index in [0.29, 0.717) is 11.4 Å². The Kier molecular flexibility index (Phi) is 4.31. The number of hydrogen-bond acceptors (Lipinski definition) is 4. The molecule has 0 spiro atoms. The van der Waals surface area contributed by atoms with Crippen molar-refractivity contribution in [2.75, 3.05) is 13.7 Å². The van der Waals surface area contributed by atoms with Crippen LogP contribution in [0.3, 0.4) is 0 Å². The lowest BCUT2D eigenvalue weighted by Crippen LogP contribution is -2.08. The van der Waals surface area contributed by atoms with Gasteiger partial charge in [0.1, 0.15) is 0 Å². The first-order valence-corrected chi connectivity index (χ1v) is 5.00. The van der Waals surface area contributed by atoms with Crippen molar-refractivity contribution in [1.29, 1.82) is 0 Å². The fraction of sp³-hybridized carbons (Fsp3) is 0.857. The zero-order chi connectivity index (χ0) is 9.68. The molecule has 1 aromatic rings. The highest BCUT2D eigenvalue weighted by atomic mass is 79.9. The Labute approximate surface area is 85.6 Å². The molecular formula is C7H13BrN4O. The van der Waals surface area contributed by atoms with Crippen LogP contribution in [-0.4, -0.2) is 38.8 Å². The number of methoxy groups -OCH3 is 1. The molecule has 5 nitrogen and oxygen atoms in total. The minimum atomic E-state index is 0.362. The summed E-state index contributed by atoms with van der Waals surface area (Å²) in [5.74, 6) is 0.781. The zero-order valence-corrected chi connectivity index (χ0v) is 9.36. The van der Waals surface area contributed by atoms with Gasteiger partial charge in [0.15, 0.2) is 5.82 Å². The molecule has 0 saturated carbocycles. The van der Waals surface area contributed by atoms with Gasteiger partial charge in [0, 0.05) is 18.4 Å². The van der Waals surface area contributed by atoms with Gasteiger partial charge in [-0.15, -0.1) is 10.2 Å². The van der Waals surface area contributed by atoms with Crippen LogP contribution in [0.1, 0.15) is 12.2 Å². The molecule has 1 unspecified atom stereocenters. The first-order valence-electron chi connectivity index (χ1n) is 4.08. The maximum absolute atomic E-state index is 4.99. The normalized spacial score (nSPS) is 13.2. The topological polar surface area (TPSA) is 52.8 Å². The summed E-state index contributed by atoms with van der Waals surface area (Å²) in [6, 6.07) is 0. The Hall–Kier alpha value is -0.490. The molecule has 0 aliphatic heterocycles. The minimum absolute atomic E-state index is 0.362. The van der Waals surface area contributed by atoms with Gasteiger partial charge in [0.05, 0.1) is 13.7 Å². The number of aromatic nitrogens is 4. The van der Waals surface area contributed by atoms with Gasteiger partial charge in [-0.05, 0) is 11.6 Å². The molecule has 0 radical (unpaired) electrons. The van der Waals surface area contributed by atoms with Gasteiger partial charge in [0.2, 0.25) is 0 Å². The molecule has 13 heavy (non-hydrogen) atoms. The fourth-order valence-electron chi connectivity index (χ4n) is 0.973. The average Bonchev–Trinajstić information content (AvgIpc) is 2.49. The van der Waals surface area contributed by atoms with Gasteiger partial charge >= 0.3 is 0 Å². The Morgan fingerprint density at radius 1 is 1.62 bits per heavy atom. The van der Waals surface area contributed by atoms with Gasteiger partial charge in [-0.1, -0.05) is 15.9 Å². The third kappa shape index (κ3) is 3.82.